The lowest BCUT2D eigenvalue weighted by atomic mass is 9.94. The molecule has 0 N–H and O–H groups in total. The maximum absolute atomic E-state index is 13.0. The minimum Gasteiger partial charge on any atom is -0.294 e. The maximum Gasteiger partial charge on any atom is 0.292 e. The smallest absolute Gasteiger partial charge is 0.292 e. The number of fused-ring (bicyclic) bond motifs is 4. The molecule has 5 rings (SSSR count). The van der Waals surface area contributed by atoms with Gasteiger partial charge >= 0.3 is 0 Å². The first-order valence-corrected chi connectivity index (χ1v) is 9.33. The van der Waals surface area contributed by atoms with Crippen molar-refractivity contribution in [2.75, 3.05) is 0 Å². The number of halogens is 1. The zero-order valence-corrected chi connectivity index (χ0v) is 15.0. The highest BCUT2D eigenvalue weighted by molar-refractivity contribution is 7.25. The van der Waals surface area contributed by atoms with Gasteiger partial charge in [0, 0.05) is 17.4 Å². The van der Waals surface area contributed by atoms with Crippen LogP contribution < -0.4 is 5.56 Å². The third kappa shape index (κ3) is 2.21. The van der Waals surface area contributed by atoms with Crippen LogP contribution >= 0.6 is 22.9 Å². The summed E-state index contributed by atoms with van der Waals surface area (Å²) in [6.45, 7) is 0. The molecule has 4 aromatic rings. The molecule has 0 amide bonds. The van der Waals surface area contributed by atoms with Gasteiger partial charge in [0.1, 0.15) is 15.0 Å². The van der Waals surface area contributed by atoms with Gasteiger partial charge in [0.2, 0.25) is 0 Å². The highest BCUT2D eigenvalue weighted by Crippen LogP contribution is 2.32. The van der Waals surface area contributed by atoms with Crippen LogP contribution in [0.15, 0.2) is 35.1 Å². The van der Waals surface area contributed by atoms with Gasteiger partial charge in [0.25, 0.3) is 5.56 Å². The third-order valence-corrected chi connectivity index (χ3v) is 5.95. The van der Waals surface area contributed by atoms with E-state index in [1.165, 1.54) is 16.0 Å². The Labute approximate surface area is 156 Å². The Kier molecular flexibility index (Phi) is 3.41. The van der Waals surface area contributed by atoms with Gasteiger partial charge in [-0.15, -0.1) is 16.4 Å². The molecule has 3 aromatic heterocycles. The molecule has 1 aliphatic carbocycles. The van der Waals surface area contributed by atoms with Crippen molar-refractivity contribution in [1.82, 2.24) is 20.0 Å². The minimum atomic E-state index is -0.296. The quantitative estimate of drug-likeness (QED) is 0.503. The van der Waals surface area contributed by atoms with E-state index in [4.69, 9.17) is 11.6 Å². The molecular formula is C18H11ClN4O2S. The van der Waals surface area contributed by atoms with E-state index >= 15 is 0 Å². The van der Waals surface area contributed by atoms with Gasteiger partial charge in [-0.3, -0.25) is 9.59 Å². The molecule has 128 valence electrons. The monoisotopic (exact) mass is 382 g/mol. The number of aromatic nitrogens is 4. The van der Waals surface area contributed by atoms with Crippen LogP contribution in [0.2, 0.25) is 5.02 Å². The first-order chi connectivity index (χ1) is 12.6. The fourth-order valence-electron chi connectivity index (χ4n) is 3.28. The van der Waals surface area contributed by atoms with Crippen LogP contribution in [0.25, 0.3) is 26.1 Å². The van der Waals surface area contributed by atoms with Gasteiger partial charge in [-0.25, -0.2) is 4.98 Å². The van der Waals surface area contributed by atoms with Crippen LogP contribution in [-0.2, 0) is 6.42 Å². The zero-order chi connectivity index (χ0) is 17.8. The molecule has 0 aliphatic heterocycles. The van der Waals surface area contributed by atoms with Crippen molar-refractivity contribution in [3.63, 3.8) is 0 Å². The summed E-state index contributed by atoms with van der Waals surface area (Å²) >= 11 is 7.46. The predicted octanol–water partition coefficient (Wildman–Crippen LogP) is 3.56. The van der Waals surface area contributed by atoms with E-state index < -0.39 is 0 Å². The van der Waals surface area contributed by atoms with Crippen molar-refractivity contribution in [2.45, 2.75) is 19.3 Å². The molecule has 0 spiro atoms. The van der Waals surface area contributed by atoms with Crippen LogP contribution in [0, 0.1) is 0 Å². The summed E-state index contributed by atoms with van der Waals surface area (Å²) in [7, 11) is 0. The van der Waals surface area contributed by atoms with Crippen LogP contribution in [0.1, 0.15) is 28.9 Å². The normalized spacial score (nSPS) is 14.1. The average molecular weight is 383 g/mol. The fourth-order valence-corrected chi connectivity index (χ4v) is 4.53. The number of thiophene rings is 1. The lowest BCUT2D eigenvalue weighted by molar-refractivity contribution is 0.0972. The van der Waals surface area contributed by atoms with E-state index in [0.29, 0.717) is 43.1 Å². The largest absolute Gasteiger partial charge is 0.294 e. The molecule has 8 heteroatoms. The SMILES string of the molecule is O=C1CCCc2nc3sc4c(=O)n(-c5ccccc5Cl)nnc4c3cc21. The van der Waals surface area contributed by atoms with Gasteiger partial charge in [-0.1, -0.05) is 28.9 Å². The summed E-state index contributed by atoms with van der Waals surface area (Å²) in [5, 5.41) is 9.41. The van der Waals surface area contributed by atoms with Crippen LogP contribution in [0.3, 0.4) is 0 Å². The number of hydrogen-bond acceptors (Lipinski definition) is 6. The number of pyridine rings is 1. The molecule has 1 aromatic carbocycles. The number of rotatable bonds is 1. The van der Waals surface area contributed by atoms with Crippen LogP contribution in [0.4, 0.5) is 0 Å². The second-order valence-electron chi connectivity index (χ2n) is 6.15. The maximum atomic E-state index is 13.0. The lowest BCUT2D eigenvalue weighted by Gasteiger charge is -2.12. The van der Waals surface area contributed by atoms with Gasteiger partial charge in [-0.05, 0) is 31.0 Å². The van der Waals surface area contributed by atoms with E-state index in [2.05, 4.69) is 15.3 Å². The van der Waals surface area contributed by atoms with Crippen LogP contribution in [0.5, 0.6) is 0 Å². The van der Waals surface area contributed by atoms with Crippen molar-refractivity contribution in [2.24, 2.45) is 0 Å². The molecule has 0 fully saturated rings. The Balaban J connectivity index is 1.81. The third-order valence-electron chi connectivity index (χ3n) is 4.55. The second kappa shape index (κ2) is 5.69. The summed E-state index contributed by atoms with van der Waals surface area (Å²) in [5.41, 5.74) is 2.11. The fraction of sp³-hybridized carbons (Fsp3) is 0.167. The van der Waals surface area contributed by atoms with Gasteiger partial charge < -0.3 is 0 Å². The molecular weight excluding hydrogens is 372 g/mol. The summed E-state index contributed by atoms with van der Waals surface area (Å²) < 4.78 is 1.66. The summed E-state index contributed by atoms with van der Waals surface area (Å²) in [6.07, 6.45) is 2.13. The number of benzene rings is 1. The molecule has 0 bridgehead atoms. The standard InChI is InChI=1S/C18H11ClN4O2S/c19-11-4-1-2-6-13(11)23-18(25)16-15(21-22-23)10-8-9-12(20-17(10)26-16)5-3-7-14(9)24/h1-2,4,6,8H,3,5,7H2. The molecule has 6 nitrogen and oxygen atoms in total. The number of nitrogens with zero attached hydrogens (tertiary/aromatic N) is 4. The Morgan fingerprint density at radius 1 is 1.15 bits per heavy atom. The summed E-state index contributed by atoms with van der Waals surface area (Å²) in [5.74, 6) is 0.0948. The van der Waals surface area contributed by atoms with Gasteiger partial charge in [-0.2, -0.15) is 4.68 Å². The molecule has 1 aliphatic rings. The number of hydrogen-bond donors (Lipinski definition) is 0. The van der Waals surface area contributed by atoms with Gasteiger partial charge in [0.05, 0.1) is 16.4 Å². The van der Waals surface area contributed by atoms with E-state index in [1.54, 1.807) is 24.3 Å². The number of aryl methyl sites for hydroxylation is 1. The van der Waals surface area contributed by atoms with E-state index in [0.717, 1.165) is 18.5 Å². The number of Topliss-reactive ketones (excluding diaryl/α,β-unsaturated/α-hetero) is 1. The number of ketones is 1. The highest BCUT2D eigenvalue weighted by atomic mass is 35.5. The number of carbonyl (C=O) groups excluding carboxylic acids is 1. The first-order valence-electron chi connectivity index (χ1n) is 8.14. The van der Waals surface area contributed by atoms with Crippen LogP contribution in [-0.4, -0.2) is 25.8 Å². The molecule has 3 heterocycles. The van der Waals surface area contributed by atoms with Crippen molar-refractivity contribution < 1.29 is 4.79 Å². The zero-order valence-electron chi connectivity index (χ0n) is 13.4. The molecule has 26 heavy (non-hydrogen) atoms. The summed E-state index contributed by atoms with van der Waals surface area (Å²) in [6, 6.07) is 8.79. The van der Waals surface area contributed by atoms with Crippen molar-refractivity contribution >= 4 is 49.2 Å². The van der Waals surface area contributed by atoms with E-state index in [-0.39, 0.29) is 11.3 Å². The highest BCUT2D eigenvalue weighted by Gasteiger charge is 2.22. The molecule has 0 saturated heterocycles. The predicted molar refractivity (Wildman–Crippen MR) is 101 cm³/mol. The Morgan fingerprint density at radius 3 is 2.85 bits per heavy atom. The van der Waals surface area contributed by atoms with E-state index in [9.17, 15) is 9.59 Å². The minimum absolute atomic E-state index is 0.0948. The van der Waals surface area contributed by atoms with E-state index in [1.807, 2.05) is 6.07 Å². The van der Waals surface area contributed by atoms with Crippen molar-refractivity contribution in [3.8, 4) is 5.69 Å². The molecule has 0 atom stereocenters. The Bertz CT molecular complexity index is 1280. The Morgan fingerprint density at radius 2 is 2.00 bits per heavy atom. The van der Waals surface area contributed by atoms with Crippen molar-refractivity contribution in [1.29, 1.82) is 0 Å². The lowest BCUT2D eigenvalue weighted by Crippen LogP contribution is -2.21. The number of carbonyl (C=O) groups is 1. The molecule has 0 saturated carbocycles. The van der Waals surface area contributed by atoms with Gasteiger partial charge in [0.15, 0.2) is 5.78 Å². The Hall–Kier alpha value is -2.64. The number of para-hydroxylation sites is 1. The van der Waals surface area contributed by atoms with Crippen molar-refractivity contribution in [3.05, 3.63) is 57.0 Å². The topological polar surface area (TPSA) is 77.7 Å². The first kappa shape index (κ1) is 15.6. The average Bonchev–Trinajstić information content (AvgIpc) is 3.00. The summed E-state index contributed by atoms with van der Waals surface area (Å²) in [4.78, 5) is 30.5. The molecule has 0 unspecified atom stereocenters. The second-order valence-corrected chi connectivity index (χ2v) is 7.56. The molecule has 0 radical (unpaired) electrons.